The third-order valence-electron chi connectivity index (χ3n) is 3.02. The first-order valence-corrected chi connectivity index (χ1v) is 6.03. The first-order valence-electron chi connectivity index (χ1n) is 6.03. The Bertz CT molecular complexity index is 551. The smallest absolute Gasteiger partial charge is 0.141 e. The quantitative estimate of drug-likeness (QED) is 0.899. The van der Waals surface area contributed by atoms with Gasteiger partial charge in [0, 0.05) is 18.3 Å². The summed E-state index contributed by atoms with van der Waals surface area (Å²) in [5, 5.41) is 0. The van der Waals surface area contributed by atoms with Crippen molar-refractivity contribution in [2.24, 2.45) is 0 Å². The maximum absolute atomic E-state index is 5.90. The van der Waals surface area contributed by atoms with E-state index in [1.165, 1.54) is 11.9 Å². The summed E-state index contributed by atoms with van der Waals surface area (Å²) < 4.78 is 0. The maximum Gasteiger partial charge on any atom is 0.141 e. The van der Waals surface area contributed by atoms with Crippen molar-refractivity contribution >= 4 is 17.3 Å². The predicted molar refractivity (Wildman–Crippen MR) is 75.1 cm³/mol. The van der Waals surface area contributed by atoms with Gasteiger partial charge >= 0.3 is 0 Å². The van der Waals surface area contributed by atoms with Gasteiger partial charge in [0.1, 0.15) is 18.0 Å². The molecule has 1 heterocycles. The molecule has 0 amide bonds. The lowest BCUT2D eigenvalue weighted by atomic mass is 10.1. The lowest BCUT2D eigenvalue weighted by Crippen LogP contribution is -2.15. The van der Waals surface area contributed by atoms with E-state index >= 15 is 0 Å². The highest BCUT2D eigenvalue weighted by atomic mass is 15.2. The van der Waals surface area contributed by atoms with Gasteiger partial charge in [-0.05, 0) is 31.0 Å². The molecule has 18 heavy (non-hydrogen) atoms. The van der Waals surface area contributed by atoms with Crippen LogP contribution >= 0.6 is 0 Å². The van der Waals surface area contributed by atoms with Crippen LogP contribution in [0.3, 0.4) is 0 Å². The number of hydrogen-bond donors (Lipinski definition) is 1. The van der Waals surface area contributed by atoms with Gasteiger partial charge in [-0.15, -0.1) is 0 Å². The van der Waals surface area contributed by atoms with Gasteiger partial charge in [-0.3, -0.25) is 0 Å². The highest BCUT2D eigenvalue weighted by molar-refractivity contribution is 5.66. The van der Waals surface area contributed by atoms with Crippen LogP contribution < -0.4 is 10.6 Å². The number of rotatable bonds is 3. The zero-order valence-electron chi connectivity index (χ0n) is 11.0. The highest BCUT2D eigenvalue weighted by Crippen LogP contribution is 2.27. The fourth-order valence-electron chi connectivity index (χ4n) is 2.00. The van der Waals surface area contributed by atoms with Crippen LogP contribution in [0.2, 0.25) is 0 Å². The van der Waals surface area contributed by atoms with E-state index < -0.39 is 0 Å². The lowest BCUT2D eigenvalue weighted by molar-refractivity contribution is 1.01. The van der Waals surface area contributed by atoms with Crippen molar-refractivity contribution in [2.45, 2.75) is 20.3 Å². The van der Waals surface area contributed by atoms with Crippen LogP contribution in [0.4, 0.5) is 17.3 Å². The van der Waals surface area contributed by atoms with Crippen molar-refractivity contribution in [3.8, 4) is 0 Å². The number of anilines is 3. The molecule has 0 atom stereocenters. The van der Waals surface area contributed by atoms with E-state index in [0.717, 1.165) is 23.5 Å². The Morgan fingerprint density at radius 1 is 1.28 bits per heavy atom. The molecule has 1 aromatic carbocycles. The summed E-state index contributed by atoms with van der Waals surface area (Å²) in [6.45, 7) is 4.13. The minimum Gasteiger partial charge on any atom is -0.383 e. The molecule has 0 aliphatic carbocycles. The topological polar surface area (TPSA) is 55.0 Å². The Labute approximate surface area is 107 Å². The van der Waals surface area contributed by atoms with E-state index in [4.69, 9.17) is 5.73 Å². The molecule has 94 valence electrons. The van der Waals surface area contributed by atoms with Crippen molar-refractivity contribution in [3.63, 3.8) is 0 Å². The highest BCUT2D eigenvalue weighted by Gasteiger charge is 2.12. The number of nitrogens with two attached hydrogens (primary N) is 1. The third-order valence-corrected chi connectivity index (χ3v) is 3.02. The maximum atomic E-state index is 5.90. The number of benzene rings is 1. The summed E-state index contributed by atoms with van der Waals surface area (Å²) in [5.41, 5.74) is 9.21. The van der Waals surface area contributed by atoms with Gasteiger partial charge in [-0.2, -0.15) is 0 Å². The number of aromatic nitrogens is 2. The fourth-order valence-corrected chi connectivity index (χ4v) is 2.00. The zero-order chi connectivity index (χ0) is 13.1. The minimum atomic E-state index is 0.557. The predicted octanol–water partition coefficient (Wildman–Crippen LogP) is 2.70. The van der Waals surface area contributed by atoms with E-state index in [0.29, 0.717) is 5.82 Å². The molecule has 0 aliphatic heterocycles. The molecule has 0 saturated carbocycles. The Kier molecular flexibility index (Phi) is 3.46. The van der Waals surface area contributed by atoms with Crippen LogP contribution in [0.1, 0.15) is 18.1 Å². The minimum absolute atomic E-state index is 0.557. The van der Waals surface area contributed by atoms with Gasteiger partial charge < -0.3 is 10.6 Å². The van der Waals surface area contributed by atoms with Gasteiger partial charge in [0.25, 0.3) is 0 Å². The Morgan fingerprint density at radius 2 is 2.06 bits per heavy atom. The second kappa shape index (κ2) is 5.04. The Hall–Kier alpha value is -2.10. The average Bonchev–Trinajstić information content (AvgIpc) is 2.37. The van der Waals surface area contributed by atoms with E-state index in [1.54, 1.807) is 0 Å². The number of hydrogen-bond acceptors (Lipinski definition) is 4. The van der Waals surface area contributed by atoms with Crippen molar-refractivity contribution < 1.29 is 0 Å². The Balaban J connectivity index is 2.46. The first-order chi connectivity index (χ1) is 8.63. The summed E-state index contributed by atoms with van der Waals surface area (Å²) in [4.78, 5) is 10.4. The number of aryl methyl sites for hydroxylation is 1. The molecule has 4 heteroatoms. The molecule has 2 rings (SSSR count). The molecule has 0 spiro atoms. The van der Waals surface area contributed by atoms with E-state index in [9.17, 15) is 0 Å². The molecule has 1 aromatic heterocycles. The monoisotopic (exact) mass is 242 g/mol. The summed E-state index contributed by atoms with van der Waals surface area (Å²) in [5.74, 6) is 1.43. The van der Waals surface area contributed by atoms with Gasteiger partial charge in [0.05, 0.1) is 0 Å². The van der Waals surface area contributed by atoms with E-state index in [2.05, 4.69) is 42.0 Å². The molecule has 0 saturated heterocycles. The molecule has 0 bridgehead atoms. The molecule has 2 N–H and O–H groups in total. The molecule has 2 aromatic rings. The molecule has 0 unspecified atom stereocenters. The SMILES string of the molecule is CCc1c(N)ncnc1N(C)c1cccc(C)c1. The van der Waals surface area contributed by atoms with Crippen LogP contribution in [0.5, 0.6) is 0 Å². The van der Waals surface area contributed by atoms with Gasteiger partial charge in [-0.1, -0.05) is 19.1 Å². The summed E-state index contributed by atoms with van der Waals surface area (Å²) in [6, 6.07) is 8.30. The fraction of sp³-hybridized carbons (Fsp3) is 0.286. The van der Waals surface area contributed by atoms with Gasteiger partial charge in [-0.25, -0.2) is 9.97 Å². The van der Waals surface area contributed by atoms with Crippen molar-refractivity contribution in [2.75, 3.05) is 17.7 Å². The van der Waals surface area contributed by atoms with Crippen LogP contribution in [-0.2, 0) is 6.42 Å². The molecule has 0 aliphatic rings. The lowest BCUT2D eigenvalue weighted by Gasteiger charge is -2.21. The summed E-state index contributed by atoms with van der Waals surface area (Å²) >= 11 is 0. The summed E-state index contributed by atoms with van der Waals surface area (Å²) in [7, 11) is 2.00. The first kappa shape index (κ1) is 12.4. The summed E-state index contributed by atoms with van der Waals surface area (Å²) in [6.07, 6.45) is 2.33. The van der Waals surface area contributed by atoms with Gasteiger partial charge in [0.15, 0.2) is 0 Å². The molecule has 0 radical (unpaired) electrons. The third kappa shape index (κ3) is 2.27. The van der Waals surface area contributed by atoms with Crippen LogP contribution in [0, 0.1) is 6.92 Å². The second-order valence-corrected chi connectivity index (χ2v) is 4.31. The second-order valence-electron chi connectivity index (χ2n) is 4.31. The van der Waals surface area contributed by atoms with Crippen molar-refractivity contribution in [1.82, 2.24) is 9.97 Å². The standard InChI is InChI=1S/C14H18N4/c1-4-12-13(15)16-9-17-14(12)18(3)11-7-5-6-10(2)8-11/h5-9H,4H2,1-3H3,(H2,15,16,17). The van der Waals surface area contributed by atoms with E-state index in [1.807, 2.05) is 18.0 Å². The van der Waals surface area contributed by atoms with Gasteiger partial charge in [0.2, 0.25) is 0 Å². The number of nitrogens with zero attached hydrogens (tertiary/aromatic N) is 3. The largest absolute Gasteiger partial charge is 0.383 e. The average molecular weight is 242 g/mol. The zero-order valence-corrected chi connectivity index (χ0v) is 11.0. The van der Waals surface area contributed by atoms with Crippen LogP contribution in [0.25, 0.3) is 0 Å². The van der Waals surface area contributed by atoms with Crippen molar-refractivity contribution in [3.05, 3.63) is 41.7 Å². The molecule has 0 fully saturated rings. The van der Waals surface area contributed by atoms with Crippen molar-refractivity contribution in [1.29, 1.82) is 0 Å². The molecular weight excluding hydrogens is 224 g/mol. The normalized spacial score (nSPS) is 10.4. The van der Waals surface area contributed by atoms with Crippen LogP contribution in [-0.4, -0.2) is 17.0 Å². The number of nitrogen functional groups attached to an aromatic ring is 1. The molecular formula is C14H18N4. The molecule has 4 nitrogen and oxygen atoms in total. The Morgan fingerprint density at radius 3 is 2.72 bits per heavy atom. The van der Waals surface area contributed by atoms with E-state index in [-0.39, 0.29) is 0 Å². The van der Waals surface area contributed by atoms with Crippen LogP contribution in [0.15, 0.2) is 30.6 Å².